The maximum Gasteiger partial charge on any atom is 0.344 e. The lowest BCUT2D eigenvalue weighted by Crippen LogP contribution is -2.25. The first-order chi connectivity index (χ1) is 8.02. The molecule has 5 nitrogen and oxygen atoms in total. The Bertz CT molecular complexity index is 396. The molecule has 1 atom stereocenters. The summed E-state index contributed by atoms with van der Waals surface area (Å²) in [5.41, 5.74) is 0.647. The van der Waals surface area contributed by atoms with Gasteiger partial charge < -0.3 is 14.9 Å². The van der Waals surface area contributed by atoms with Crippen LogP contribution in [0.25, 0.3) is 0 Å². The molecule has 0 spiro atoms. The Morgan fingerprint density at radius 3 is 2.24 bits per heavy atom. The molecule has 0 amide bonds. The molecule has 1 aromatic carbocycles. The smallest absolute Gasteiger partial charge is 0.344 e. The number of carboxylic acids is 2. The fourth-order valence-corrected chi connectivity index (χ4v) is 1.33. The molecule has 1 rings (SSSR count). The van der Waals surface area contributed by atoms with Gasteiger partial charge in [0.2, 0.25) is 0 Å². The zero-order chi connectivity index (χ0) is 12.8. The van der Waals surface area contributed by atoms with Gasteiger partial charge in [-0.05, 0) is 24.1 Å². The molecule has 0 saturated carbocycles. The standard InChI is InChI=1S/C12H14O5/c1-2-10(12(15)16)17-9-5-3-8(4-6-9)7-11(13)14/h3-6,10H,2,7H2,1H3,(H,13,14)(H,15,16). The number of carboxylic acid groups (broad SMARTS) is 2. The van der Waals surface area contributed by atoms with Crippen LogP contribution in [0.2, 0.25) is 0 Å². The summed E-state index contributed by atoms with van der Waals surface area (Å²) >= 11 is 0. The summed E-state index contributed by atoms with van der Waals surface area (Å²) in [6.45, 7) is 1.72. The second-order valence-corrected chi connectivity index (χ2v) is 3.57. The van der Waals surface area contributed by atoms with E-state index in [0.29, 0.717) is 17.7 Å². The van der Waals surface area contributed by atoms with E-state index in [-0.39, 0.29) is 6.42 Å². The van der Waals surface area contributed by atoms with E-state index in [1.54, 1.807) is 31.2 Å². The summed E-state index contributed by atoms with van der Waals surface area (Å²) in [6, 6.07) is 6.36. The summed E-state index contributed by atoms with van der Waals surface area (Å²) < 4.78 is 5.24. The molecule has 0 bridgehead atoms. The monoisotopic (exact) mass is 238 g/mol. The minimum atomic E-state index is -1.01. The maximum absolute atomic E-state index is 10.7. The largest absolute Gasteiger partial charge is 0.481 e. The van der Waals surface area contributed by atoms with Crippen LogP contribution in [0.15, 0.2) is 24.3 Å². The lowest BCUT2D eigenvalue weighted by Gasteiger charge is -2.13. The van der Waals surface area contributed by atoms with Crippen molar-refractivity contribution in [1.82, 2.24) is 0 Å². The highest BCUT2D eigenvalue weighted by molar-refractivity contribution is 5.72. The molecule has 0 aliphatic rings. The van der Waals surface area contributed by atoms with Gasteiger partial charge in [0.05, 0.1) is 6.42 Å². The molecule has 5 heteroatoms. The van der Waals surface area contributed by atoms with Crippen molar-refractivity contribution >= 4 is 11.9 Å². The van der Waals surface area contributed by atoms with Gasteiger partial charge >= 0.3 is 11.9 Å². The lowest BCUT2D eigenvalue weighted by molar-refractivity contribution is -0.145. The van der Waals surface area contributed by atoms with Gasteiger partial charge in [-0.1, -0.05) is 19.1 Å². The molecular formula is C12H14O5. The summed E-state index contributed by atoms with van der Waals surface area (Å²) in [6.07, 6.45) is -0.567. The summed E-state index contributed by atoms with van der Waals surface area (Å²) in [7, 11) is 0. The van der Waals surface area contributed by atoms with Crippen molar-refractivity contribution in [2.75, 3.05) is 0 Å². The van der Waals surface area contributed by atoms with Gasteiger partial charge in [0.25, 0.3) is 0 Å². The third-order valence-electron chi connectivity index (χ3n) is 2.20. The first-order valence-corrected chi connectivity index (χ1v) is 5.23. The average Bonchev–Trinajstić information content (AvgIpc) is 2.26. The summed E-state index contributed by atoms with van der Waals surface area (Å²) in [5, 5.41) is 17.4. The van der Waals surface area contributed by atoms with E-state index < -0.39 is 18.0 Å². The quantitative estimate of drug-likeness (QED) is 0.785. The van der Waals surface area contributed by atoms with Crippen molar-refractivity contribution in [3.63, 3.8) is 0 Å². The number of hydrogen-bond acceptors (Lipinski definition) is 3. The molecule has 0 aliphatic heterocycles. The number of rotatable bonds is 6. The Morgan fingerprint density at radius 1 is 1.24 bits per heavy atom. The van der Waals surface area contributed by atoms with E-state index >= 15 is 0 Å². The average molecular weight is 238 g/mol. The predicted molar refractivity (Wildman–Crippen MR) is 60.1 cm³/mol. The lowest BCUT2D eigenvalue weighted by atomic mass is 10.1. The van der Waals surface area contributed by atoms with E-state index in [0.717, 1.165) is 0 Å². The first-order valence-electron chi connectivity index (χ1n) is 5.23. The number of ether oxygens (including phenoxy) is 1. The van der Waals surface area contributed by atoms with Crippen molar-refractivity contribution in [3.05, 3.63) is 29.8 Å². The molecule has 1 unspecified atom stereocenters. The zero-order valence-electron chi connectivity index (χ0n) is 9.42. The third kappa shape index (κ3) is 4.14. The first kappa shape index (κ1) is 13.0. The topological polar surface area (TPSA) is 83.8 Å². The number of aliphatic carboxylic acids is 2. The molecule has 92 valence electrons. The van der Waals surface area contributed by atoms with Gasteiger partial charge in [-0.15, -0.1) is 0 Å². The number of benzene rings is 1. The van der Waals surface area contributed by atoms with Crippen molar-refractivity contribution in [3.8, 4) is 5.75 Å². The molecule has 0 fully saturated rings. The van der Waals surface area contributed by atoms with Crippen molar-refractivity contribution in [2.24, 2.45) is 0 Å². The summed E-state index contributed by atoms with van der Waals surface area (Å²) in [5.74, 6) is -1.49. The highest BCUT2D eigenvalue weighted by Gasteiger charge is 2.16. The van der Waals surface area contributed by atoms with Gasteiger partial charge in [0.1, 0.15) is 5.75 Å². The van der Waals surface area contributed by atoms with Crippen LogP contribution in [0.1, 0.15) is 18.9 Å². The van der Waals surface area contributed by atoms with E-state index in [1.807, 2.05) is 0 Å². The van der Waals surface area contributed by atoms with Crippen LogP contribution in [0.5, 0.6) is 5.75 Å². The van der Waals surface area contributed by atoms with Crippen LogP contribution in [-0.4, -0.2) is 28.3 Å². The molecule has 0 heterocycles. The highest BCUT2D eigenvalue weighted by Crippen LogP contribution is 2.15. The Labute approximate surface area is 98.6 Å². The van der Waals surface area contributed by atoms with Crippen LogP contribution in [0, 0.1) is 0 Å². The Balaban J connectivity index is 2.67. The van der Waals surface area contributed by atoms with E-state index in [9.17, 15) is 9.59 Å². The molecule has 2 N–H and O–H groups in total. The van der Waals surface area contributed by atoms with Crippen molar-refractivity contribution < 1.29 is 24.5 Å². The summed E-state index contributed by atoms with van der Waals surface area (Å²) in [4.78, 5) is 21.2. The van der Waals surface area contributed by atoms with E-state index in [2.05, 4.69) is 0 Å². The van der Waals surface area contributed by atoms with Crippen LogP contribution in [0.4, 0.5) is 0 Å². The fraction of sp³-hybridized carbons (Fsp3) is 0.333. The van der Waals surface area contributed by atoms with E-state index in [1.165, 1.54) is 0 Å². The second kappa shape index (κ2) is 5.89. The fourth-order valence-electron chi connectivity index (χ4n) is 1.33. The molecule has 17 heavy (non-hydrogen) atoms. The SMILES string of the molecule is CCC(Oc1ccc(CC(=O)O)cc1)C(=O)O. The maximum atomic E-state index is 10.7. The zero-order valence-corrected chi connectivity index (χ0v) is 9.42. The van der Waals surface area contributed by atoms with E-state index in [4.69, 9.17) is 14.9 Å². The Morgan fingerprint density at radius 2 is 1.82 bits per heavy atom. The van der Waals surface area contributed by atoms with Gasteiger partial charge in [0, 0.05) is 0 Å². The van der Waals surface area contributed by atoms with Crippen molar-refractivity contribution in [1.29, 1.82) is 0 Å². The molecule has 0 saturated heterocycles. The minimum Gasteiger partial charge on any atom is -0.481 e. The van der Waals surface area contributed by atoms with Gasteiger partial charge in [-0.2, -0.15) is 0 Å². The van der Waals surface area contributed by atoms with Crippen molar-refractivity contribution in [2.45, 2.75) is 25.9 Å². The highest BCUT2D eigenvalue weighted by atomic mass is 16.5. The number of carbonyl (C=O) groups is 2. The molecule has 1 aromatic rings. The van der Waals surface area contributed by atoms with Crippen LogP contribution in [0.3, 0.4) is 0 Å². The third-order valence-corrected chi connectivity index (χ3v) is 2.20. The molecule has 0 aromatic heterocycles. The molecular weight excluding hydrogens is 224 g/mol. The second-order valence-electron chi connectivity index (χ2n) is 3.57. The van der Waals surface area contributed by atoms with Gasteiger partial charge in [-0.3, -0.25) is 4.79 Å². The molecule has 0 radical (unpaired) electrons. The minimum absolute atomic E-state index is 0.0591. The van der Waals surface area contributed by atoms with Crippen LogP contribution in [-0.2, 0) is 16.0 Å². The van der Waals surface area contributed by atoms with Gasteiger partial charge in [0.15, 0.2) is 6.10 Å². The van der Waals surface area contributed by atoms with Crippen LogP contribution >= 0.6 is 0 Å². The Hall–Kier alpha value is -2.04. The normalized spacial score (nSPS) is 11.8. The Kier molecular flexibility index (Phi) is 4.51. The van der Waals surface area contributed by atoms with Crippen LogP contribution < -0.4 is 4.74 Å². The van der Waals surface area contributed by atoms with Gasteiger partial charge in [-0.25, -0.2) is 4.79 Å². The predicted octanol–water partition coefficient (Wildman–Crippen LogP) is 1.56. The number of hydrogen-bond donors (Lipinski definition) is 2. The molecule has 0 aliphatic carbocycles.